The Kier molecular flexibility index (Phi) is 5.40. The molecule has 0 unspecified atom stereocenters. The third-order valence-electron chi connectivity index (χ3n) is 4.77. The predicted octanol–water partition coefficient (Wildman–Crippen LogP) is 7.30. The lowest BCUT2D eigenvalue weighted by Gasteiger charge is -2.00. The van der Waals surface area contributed by atoms with Gasteiger partial charge in [0.05, 0.1) is 0 Å². The van der Waals surface area contributed by atoms with E-state index in [1.54, 1.807) is 11.8 Å². The number of aryl methyl sites for hydroxylation is 2. The molecule has 0 radical (unpaired) electrons. The van der Waals surface area contributed by atoms with Crippen LogP contribution in [0.25, 0.3) is 32.7 Å². The van der Waals surface area contributed by atoms with Gasteiger partial charge >= 0.3 is 0 Å². The Bertz CT molecular complexity index is 1310. The van der Waals surface area contributed by atoms with Crippen molar-refractivity contribution < 1.29 is 4.42 Å². The molecule has 0 bridgehead atoms. The van der Waals surface area contributed by atoms with Crippen LogP contribution in [0.2, 0.25) is 0 Å². The molecular formula is C25H19N3OS2. The van der Waals surface area contributed by atoms with Gasteiger partial charge in [0.15, 0.2) is 15.8 Å². The molecule has 0 saturated carbocycles. The number of hydrogen-bond acceptors (Lipinski definition) is 6. The highest BCUT2D eigenvalue weighted by molar-refractivity contribution is 7.99. The van der Waals surface area contributed by atoms with Gasteiger partial charge < -0.3 is 4.42 Å². The molecule has 2 aromatic heterocycles. The van der Waals surface area contributed by atoms with E-state index in [9.17, 15) is 0 Å². The van der Waals surface area contributed by atoms with Crippen LogP contribution in [0, 0.1) is 13.8 Å². The van der Waals surface area contributed by atoms with Crippen molar-refractivity contribution in [2.45, 2.75) is 23.8 Å². The van der Waals surface area contributed by atoms with Crippen LogP contribution >= 0.6 is 23.1 Å². The average molecular weight is 442 g/mol. The molecule has 0 aliphatic carbocycles. The summed E-state index contributed by atoms with van der Waals surface area (Å²) in [7, 11) is 0. The van der Waals surface area contributed by atoms with Crippen molar-refractivity contribution in [1.29, 1.82) is 0 Å². The molecular weight excluding hydrogens is 422 g/mol. The Hall–Kier alpha value is -3.22. The highest BCUT2D eigenvalue weighted by atomic mass is 32.2. The molecule has 0 fully saturated rings. The summed E-state index contributed by atoms with van der Waals surface area (Å²) in [5.74, 6) is 0.581. The Labute approximate surface area is 189 Å². The average Bonchev–Trinajstić information content (AvgIpc) is 3.44. The standard InChI is InChI=1S/C25H19N3OS2/c1-16-8-12-19(13-9-16)23-27-28-24(31-23)21-25(30-20-14-10-17(2)11-15-20)29-22(26-21)18-6-4-3-5-7-18/h3-15H,1-2H3. The first-order valence-electron chi connectivity index (χ1n) is 9.87. The maximum absolute atomic E-state index is 6.21. The van der Waals surface area contributed by atoms with Crippen LogP contribution < -0.4 is 0 Å². The Morgan fingerprint density at radius 3 is 2.06 bits per heavy atom. The Morgan fingerprint density at radius 2 is 1.35 bits per heavy atom. The van der Waals surface area contributed by atoms with Crippen LogP contribution in [-0.4, -0.2) is 15.2 Å². The first-order chi connectivity index (χ1) is 15.2. The summed E-state index contributed by atoms with van der Waals surface area (Å²) in [6, 6.07) is 26.6. The van der Waals surface area contributed by atoms with E-state index in [0.29, 0.717) is 11.0 Å². The fourth-order valence-corrected chi connectivity index (χ4v) is 4.81. The second kappa shape index (κ2) is 8.49. The molecule has 3 aromatic carbocycles. The first kappa shape index (κ1) is 19.7. The van der Waals surface area contributed by atoms with E-state index in [1.807, 2.05) is 30.3 Å². The van der Waals surface area contributed by atoms with Crippen LogP contribution in [0.5, 0.6) is 0 Å². The van der Waals surface area contributed by atoms with Gasteiger partial charge in [-0.2, -0.15) is 0 Å². The summed E-state index contributed by atoms with van der Waals surface area (Å²) in [5, 5.41) is 11.2. The SMILES string of the molecule is Cc1ccc(Sc2oc(-c3ccccc3)nc2-c2nnc(-c3ccc(C)cc3)s2)cc1. The number of nitrogens with zero attached hydrogens (tertiary/aromatic N) is 3. The van der Waals surface area contributed by atoms with Gasteiger partial charge in [-0.05, 0) is 49.9 Å². The first-order valence-corrected chi connectivity index (χ1v) is 11.5. The minimum atomic E-state index is 0.581. The molecule has 0 atom stereocenters. The fraction of sp³-hybridized carbons (Fsp3) is 0.0800. The van der Waals surface area contributed by atoms with Crippen LogP contribution in [0.4, 0.5) is 0 Å². The van der Waals surface area contributed by atoms with Crippen molar-refractivity contribution in [1.82, 2.24) is 15.2 Å². The number of aromatic nitrogens is 3. The third-order valence-corrected chi connectivity index (χ3v) is 6.72. The Balaban J connectivity index is 1.55. The fourth-order valence-electron chi connectivity index (χ4n) is 3.06. The lowest BCUT2D eigenvalue weighted by atomic mass is 10.2. The van der Waals surface area contributed by atoms with Crippen LogP contribution in [0.1, 0.15) is 11.1 Å². The molecule has 0 aliphatic heterocycles. The van der Waals surface area contributed by atoms with Crippen molar-refractivity contribution in [3.63, 3.8) is 0 Å². The van der Waals surface area contributed by atoms with Crippen LogP contribution in [0.15, 0.2) is 93.3 Å². The third kappa shape index (κ3) is 4.31. The summed E-state index contributed by atoms with van der Waals surface area (Å²) in [6.07, 6.45) is 0. The van der Waals surface area contributed by atoms with Gasteiger partial charge in [0.25, 0.3) is 0 Å². The van der Waals surface area contributed by atoms with Gasteiger partial charge in [-0.15, -0.1) is 10.2 Å². The molecule has 4 nitrogen and oxygen atoms in total. The maximum atomic E-state index is 6.21. The van der Waals surface area contributed by atoms with E-state index in [4.69, 9.17) is 9.40 Å². The molecule has 6 heteroatoms. The van der Waals surface area contributed by atoms with Crippen molar-refractivity contribution in [2.24, 2.45) is 0 Å². The van der Waals surface area contributed by atoms with Crippen molar-refractivity contribution in [2.75, 3.05) is 0 Å². The van der Waals surface area contributed by atoms with Crippen LogP contribution in [-0.2, 0) is 0 Å². The summed E-state index contributed by atoms with van der Waals surface area (Å²) in [6.45, 7) is 4.15. The lowest BCUT2D eigenvalue weighted by Crippen LogP contribution is -1.81. The minimum absolute atomic E-state index is 0.581. The second-order valence-electron chi connectivity index (χ2n) is 7.21. The molecule has 0 N–H and O–H groups in total. The zero-order valence-corrected chi connectivity index (χ0v) is 18.7. The Morgan fingerprint density at radius 1 is 0.710 bits per heavy atom. The van der Waals surface area contributed by atoms with Gasteiger partial charge in [-0.25, -0.2) is 4.98 Å². The van der Waals surface area contributed by atoms with Crippen molar-refractivity contribution >= 4 is 23.1 Å². The van der Waals surface area contributed by atoms with Gasteiger partial charge in [0.1, 0.15) is 5.01 Å². The second-order valence-corrected chi connectivity index (χ2v) is 9.24. The molecule has 31 heavy (non-hydrogen) atoms. The van der Waals surface area contributed by atoms with Crippen LogP contribution in [0.3, 0.4) is 0 Å². The van der Waals surface area contributed by atoms with Gasteiger partial charge in [0.2, 0.25) is 5.89 Å². The number of hydrogen-bond donors (Lipinski definition) is 0. The quantitative estimate of drug-likeness (QED) is 0.286. The zero-order valence-electron chi connectivity index (χ0n) is 17.1. The molecule has 2 heterocycles. The highest BCUT2D eigenvalue weighted by Crippen LogP contribution is 2.41. The number of rotatable bonds is 5. The number of oxazole rings is 1. The molecule has 0 saturated heterocycles. The highest BCUT2D eigenvalue weighted by Gasteiger charge is 2.21. The van der Waals surface area contributed by atoms with Crippen molar-refractivity contribution in [3.05, 3.63) is 90.0 Å². The zero-order chi connectivity index (χ0) is 21.2. The maximum Gasteiger partial charge on any atom is 0.228 e. The van der Waals surface area contributed by atoms with Gasteiger partial charge in [-0.3, -0.25) is 0 Å². The molecule has 0 spiro atoms. The molecule has 0 amide bonds. The van der Waals surface area contributed by atoms with E-state index >= 15 is 0 Å². The normalized spacial score (nSPS) is 11.0. The van der Waals surface area contributed by atoms with E-state index in [0.717, 1.165) is 31.7 Å². The molecule has 5 rings (SSSR count). The van der Waals surface area contributed by atoms with E-state index in [2.05, 4.69) is 72.6 Å². The van der Waals surface area contributed by atoms with Gasteiger partial charge in [-0.1, -0.05) is 77.1 Å². The molecule has 0 aliphatic rings. The largest absolute Gasteiger partial charge is 0.429 e. The molecule has 5 aromatic rings. The smallest absolute Gasteiger partial charge is 0.228 e. The lowest BCUT2D eigenvalue weighted by molar-refractivity contribution is 0.485. The summed E-state index contributed by atoms with van der Waals surface area (Å²) >= 11 is 3.07. The summed E-state index contributed by atoms with van der Waals surface area (Å²) < 4.78 is 6.21. The predicted molar refractivity (Wildman–Crippen MR) is 126 cm³/mol. The van der Waals surface area contributed by atoms with E-state index < -0.39 is 0 Å². The summed E-state index contributed by atoms with van der Waals surface area (Å²) in [5.41, 5.74) is 5.14. The number of benzene rings is 3. The minimum Gasteiger partial charge on any atom is -0.429 e. The topological polar surface area (TPSA) is 51.8 Å². The van der Waals surface area contributed by atoms with E-state index in [1.165, 1.54) is 22.5 Å². The molecule has 152 valence electrons. The van der Waals surface area contributed by atoms with Crippen molar-refractivity contribution in [3.8, 4) is 32.7 Å². The summed E-state index contributed by atoms with van der Waals surface area (Å²) in [4.78, 5) is 5.89. The van der Waals surface area contributed by atoms with E-state index in [-0.39, 0.29) is 0 Å². The monoisotopic (exact) mass is 441 g/mol. The van der Waals surface area contributed by atoms with Gasteiger partial charge in [0, 0.05) is 16.0 Å².